The van der Waals surface area contributed by atoms with Crippen LogP contribution < -0.4 is 4.57 Å². The van der Waals surface area contributed by atoms with Crippen molar-refractivity contribution in [2.45, 2.75) is 6.42 Å². The Morgan fingerprint density at radius 2 is 2.67 bits per heavy atom. The number of nitrogens with zero attached hydrogens (tertiary/aromatic N) is 1. The fourth-order valence-corrected chi connectivity index (χ4v) is 1.52. The van der Waals surface area contributed by atoms with Gasteiger partial charge in [-0.15, -0.1) is 6.58 Å². The third-order valence-electron chi connectivity index (χ3n) is 1.20. The van der Waals surface area contributed by atoms with E-state index in [1.165, 1.54) is 5.01 Å². The van der Waals surface area contributed by atoms with E-state index in [1.807, 2.05) is 6.08 Å². The van der Waals surface area contributed by atoms with E-state index in [4.69, 9.17) is 0 Å². The van der Waals surface area contributed by atoms with Crippen LogP contribution in [0.4, 0.5) is 0 Å². The summed E-state index contributed by atoms with van der Waals surface area (Å²) in [6.07, 6.45) is 4.96. The number of hydrogen-bond donors (Lipinski definition) is 0. The van der Waals surface area contributed by atoms with Crippen molar-refractivity contribution >= 4 is 11.3 Å². The minimum Gasteiger partial charge on any atom is -0.195 e. The highest BCUT2D eigenvalue weighted by Crippen LogP contribution is 2.01. The average Bonchev–Trinajstić information content (AvgIpc) is 2.18. The molecule has 1 nitrogen and oxygen atoms in total. The molecule has 0 bridgehead atoms. The summed E-state index contributed by atoms with van der Waals surface area (Å²) in [5.74, 6) is 0. The van der Waals surface area contributed by atoms with Gasteiger partial charge < -0.3 is 0 Å². The van der Waals surface area contributed by atoms with Crippen molar-refractivity contribution in [3.8, 4) is 0 Å². The summed E-state index contributed by atoms with van der Waals surface area (Å²) >= 11 is 1.77. The van der Waals surface area contributed by atoms with Crippen molar-refractivity contribution in [3.63, 3.8) is 0 Å². The van der Waals surface area contributed by atoms with E-state index in [2.05, 4.69) is 29.8 Å². The standard InChI is InChI=1S/C7H10NS/c1-3-4-7-8(2)5-6-9-7/h3,5-6H,1,4H2,2H3/q+1. The Morgan fingerprint density at radius 1 is 1.89 bits per heavy atom. The number of rotatable bonds is 2. The van der Waals surface area contributed by atoms with Crippen molar-refractivity contribution in [1.29, 1.82) is 0 Å². The first-order chi connectivity index (χ1) is 4.34. The second kappa shape index (κ2) is 2.78. The SMILES string of the molecule is C=CCc1scc[n+]1C. The van der Waals surface area contributed by atoms with Crippen LogP contribution in [0.25, 0.3) is 0 Å². The quantitative estimate of drug-likeness (QED) is 0.430. The molecule has 1 heterocycles. The molecule has 0 N–H and O–H groups in total. The zero-order valence-electron chi connectivity index (χ0n) is 5.50. The van der Waals surface area contributed by atoms with E-state index in [0.29, 0.717) is 0 Å². The zero-order valence-corrected chi connectivity index (χ0v) is 6.32. The zero-order chi connectivity index (χ0) is 6.69. The molecule has 0 fully saturated rings. The minimum absolute atomic E-state index is 0.980. The van der Waals surface area contributed by atoms with Gasteiger partial charge in [-0.3, -0.25) is 0 Å². The number of thiazole rings is 1. The van der Waals surface area contributed by atoms with Gasteiger partial charge in [0.05, 0.1) is 11.8 Å². The lowest BCUT2D eigenvalue weighted by atomic mass is 10.4. The first-order valence-electron chi connectivity index (χ1n) is 2.87. The molecule has 0 spiro atoms. The van der Waals surface area contributed by atoms with Gasteiger partial charge in [-0.05, 0) is 0 Å². The molecule has 0 atom stereocenters. The molecule has 0 amide bonds. The van der Waals surface area contributed by atoms with Crippen LogP contribution in [-0.2, 0) is 13.5 Å². The Morgan fingerprint density at radius 3 is 3.11 bits per heavy atom. The topological polar surface area (TPSA) is 3.88 Å². The van der Waals surface area contributed by atoms with Gasteiger partial charge in [-0.2, -0.15) is 4.57 Å². The van der Waals surface area contributed by atoms with Crippen LogP contribution >= 0.6 is 11.3 Å². The monoisotopic (exact) mass is 140 g/mol. The van der Waals surface area contributed by atoms with E-state index in [1.54, 1.807) is 11.3 Å². The Hall–Kier alpha value is -0.630. The summed E-state index contributed by atoms with van der Waals surface area (Å²) < 4.78 is 2.12. The largest absolute Gasteiger partial charge is 0.240 e. The van der Waals surface area contributed by atoms with Crippen LogP contribution in [0, 0.1) is 0 Å². The first kappa shape index (κ1) is 6.49. The molecule has 0 saturated carbocycles. The maximum Gasteiger partial charge on any atom is 0.240 e. The molecule has 0 radical (unpaired) electrons. The lowest BCUT2D eigenvalue weighted by Gasteiger charge is -1.82. The molecule has 1 rings (SSSR count). The smallest absolute Gasteiger partial charge is 0.195 e. The molecule has 0 aromatic carbocycles. The number of aromatic nitrogens is 1. The molecule has 1 aromatic heterocycles. The lowest BCUT2D eigenvalue weighted by molar-refractivity contribution is -0.673. The van der Waals surface area contributed by atoms with Crippen molar-refractivity contribution in [3.05, 3.63) is 29.2 Å². The van der Waals surface area contributed by atoms with Gasteiger partial charge >= 0.3 is 0 Å². The van der Waals surface area contributed by atoms with Crippen molar-refractivity contribution in [2.75, 3.05) is 0 Å². The summed E-state index contributed by atoms with van der Waals surface area (Å²) in [5.41, 5.74) is 0. The molecule has 0 aliphatic carbocycles. The van der Waals surface area contributed by atoms with Gasteiger partial charge in [0.15, 0.2) is 6.20 Å². The molecular formula is C7H10NS+. The summed E-state index contributed by atoms with van der Waals surface area (Å²) in [7, 11) is 2.05. The Labute approximate surface area is 59.3 Å². The van der Waals surface area contributed by atoms with Gasteiger partial charge in [0.25, 0.3) is 0 Å². The molecule has 0 aliphatic rings. The van der Waals surface area contributed by atoms with E-state index in [9.17, 15) is 0 Å². The fourth-order valence-electron chi connectivity index (χ4n) is 0.682. The lowest BCUT2D eigenvalue weighted by Crippen LogP contribution is -2.28. The minimum atomic E-state index is 0.980. The first-order valence-corrected chi connectivity index (χ1v) is 3.75. The second-order valence-electron chi connectivity index (χ2n) is 1.90. The molecule has 0 saturated heterocycles. The van der Waals surface area contributed by atoms with Gasteiger partial charge in [0.1, 0.15) is 7.05 Å². The Kier molecular flexibility index (Phi) is 2.01. The Bertz CT molecular complexity index is 202. The summed E-state index contributed by atoms with van der Waals surface area (Å²) in [5, 5.41) is 3.43. The van der Waals surface area contributed by atoms with Crippen LogP contribution in [0.15, 0.2) is 24.2 Å². The highest BCUT2D eigenvalue weighted by atomic mass is 32.1. The highest BCUT2D eigenvalue weighted by Gasteiger charge is 2.02. The van der Waals surface area contributed by atoms with Crippen LogP contribution in [0.5, 0.6) is 0 Å². The third kappa shape index (κ3) is 1.39. The van der Waals surface area contributed by atoms with E-state index in [0.717, 1.165) is 6.42 Å². The molecule has 1 aromatic rings. The molecular weight excluding hydrogens is 130 g/mol. The van der Waals surface area contributed by atoms with Crippen molar-refractivity contribution < 1.29 is 4.57 Å². The number of aryl methyl sites for hydroxylation is 1. The third-order valence-corrected chi connectivity index (χ3v) is 2.19. The average molecular weight is 140 g/mol. The van der Waals surface area contributed by atoms with E-state index < -0.39 is 0 Å². The predicted octanol–water partition coefficient (Wildman–Crippen LogP) is 1.30. The van der Waals surface area contributed by atoms with Gasteiger partial charge in [0.2, 0.25) is 5.01 Å². The second-order valence-corrected chi connectivity index (χ2v) is 2.88. The van der Waals surface area contributed by atoms with Crippen LogP contribution in [0.2, 0.25) is 0 Å². The summed E-state index contributed by atoms with van der Waals surface area (Å²) in [4.78, 5) is 0. The van der Waals surface area contributed by atoms with Gasteiger partial charge in [0, 0.05) is 0 Å². The number of hydrogen-bond acceptors (Lipinski definition) is 1. The maximum atomic E-state index is 3.67. The normalized spacial score (nSPS) is 9.44. The summed E-state index contributed by atoms with van der Waals surface area (Å²) in [6, 6.07) is 0. The fraction of sp³-hybridized carbons (Fsp3) is 0.286. The van der Waals surface area contributed by atoms with Crippen molar-refractivity contribution in [1.82, 2.24) is 0 Å². The molecule has 48 valence electrons. The van der Waals surface area contributed by atoms with Crippen LogP contribution in [0.3, 0.4) is 0 Å². The van der Waals surface area contributed by atoms with Crippen molar-refractivity contribution in [2.24, 2.45) is 7.05 Å². The summed E-state index contributed by atoms with van der Waals surface area (Å²) in [6.45, 7) is 3.67. The Balaban J connectivity index is 2.80. The molecule has 9 heavy (non-hydrogen) atoms. The van der Waals surface area contributed by atoms with Gasteiger partial charge in [-0.25, -0.2) is 0 Å². The molecule has 0 unspecified atom stereocenters. The number of allylic oxidation sites excluding steroid dienone is 1. The maximum absolute atomic E-state index is 3.67. The highest BCUT2D eigenvalue weighted by molar-refractivity contribution is 7.09. The van der Waals surface area contributed by atoms with Crippen LogP contribution in [0.1, 0.15) is 5.01 Å². The molecule has 2 heteroatoms. The van der Waals surface area contributed by atoms with Gasteiger partial charge in [-0.1, -0.05) is 17.4 Å². The predicted molar refractivity (Wildman–Crippen MR) is 39.4 cm³/mol. The van der Waals surface area contributed by atoms with E-state index in [-0.39, 0.29) is 0 Å². The van der Waals surface area contributed by atoms with Crippen LogP contribution in [-0.4, -0.2) is 0 Å². The van der Waals surface area contributed by atoms with E-state index >= 15 is 0 Å². The molecule has 0 aliphatic heterocycles.